The molecule has 0 radical (unpaired) electrons. The Morgan fingerprint density at radius 1 is 1.20 bits per heavy atom. The lowest BCUT2D eigenvalue weighted by atomic mass is 9.86. The molecule has 1 aromatic heterocycles. The molecule has 3 nitrogen and oxygen atoms in total. The molecule has 0 unspecified atom stereocenters. The van der Waals surface area contributed by atoms with Crippen LogP contribution in [0.25, 0.3) is 0 Å². The van der Waals surface area contributed by atoms with Crippen LogP contribution in [-0.4, -0.2) is 24.5 Å². The van der Waals surface area contributed by atoms with Gasteiger partial charge in [-0.1, -0.05) is 29.8 Å². The number of hydrogen-bond donors (Lipinski definition) is 0. The first-order chi connectivity index (χ1) is 7.06. The molecule has 1 heterocycles. The lowest BCUT2D eigenvalue weighted by Gasteiger charge is -2.26. The predicted molar refractivity (Wildman–Crippen MR) is 64.2 cm³/mol. The van der Waals surface area contributed by atoms with Gasteiger partial charge in [-0.2, -0.15) is 0 Å². The third-order valence-electron chi connectivity index (χ3n) is 2.33. The minimum Gasteiger partial charge on any atom is -0.495 e. The zero-order valence-electron chi connectivity index (χ0n) is 9.50. The molecular weight excluding hydrogens is 258 g/mol. The minimum atomic E-state index is -0.0559. The smallest absolute Gasteiger partial charge is 0.144 e. The fourth-order valence-electron chi connectivity index (χ4n) is 1.47. The molecule has 84 valence electrons. The molecule has 0 aliphatic heterocycles. The Morgan fingerprint density at radius 3 is 2.00 bits per heavy atom. The molecule has 0 fully saturated rings. The molecule has 0 aliphatic carbocycles. The van der Waals surface area contributed by atoms with Gasteiger partial charge in [0.2, 0.25) is 0 Å². The average Bonchev–Trinajstić information content (AvgIpc) is 2.27. The van der Waals surface area contributed by atoms with E-state index in [1.54, 1.807) is 26.6 Å². The van der Waals surface area contributed by atoms with Gasteiger partial charge in [0.25, 0.3) is 0 Å². The standard InChI is InChI=1S/C11H16BrNO2/c1-11(2,7-12)10-8(14-3)5-13-6-9(10)15-4/h5-6H,7H2,1-4H3. The highest BCUT2D eigenvalue weighted by Gasteiger charge is 2.27. The maximum atomic E-state index is 5.31. The fourth-order valence-corrected chi connectivity index (χ4v) is 1.75. The Hall–Kier alpha value is -0.770. The van der Waals surface area contributed by atoms with Gasteiger partial charge in [0.1, 0.15) is 11.5 Å². The molecule has 0 bridgehead atoms. The summed E-state index contributed by atoms with van der Waals surface area (Å²) < 4.78 is 10.6. The fraction of sp³-hybridized carbons (Fsp3) is 0.545. The van der Waals surface area contributed by atoms with Crippen LogP contribution in [0.15, 0.2) is 12.4 Å². The Bertz CT molecular complexity index is 317. The van der Waals surface area contributed by atoms with E-state index >= 15 is 0 Å². The quantitative estimate of drug-likeness (QED) is 0.791. The SMILES string of the molecule is COc1cncc(OC)c1C(C)(C)CBr. The number of aromatic nitrogens is 1. The summed E-state index contributed by atoms with van der Waals surface area (Å²) >= 11 is 3.50. The van der Waals surface area contributed by atoms with E-state index in [0.717, 1.165) is 22.4 Å². The van der Waals surface area contributed by atoms with E-state index in [9.17, 15) is 0 Å². The summed E-state index contributed by atoms with van der Waals surface area (Å²) in [5, 5.41) is 0.830. The third-order valence-corrected chi connectivity index (χ3v) is 3.73. The summed E-state index contributed by atoms with van der Waals surface area (Å²) in [4.78, 5) is 4.07. The molecule has 0 saturated carbocycles. The first-order valence-electron chi connectivity index (χ1n) is 4.69. The van der Waals surface area contributed by atoms with Gasteiger partial charge < -0.3 is 9.47 Å². The number of methoxy groups -OCH3 is 2. The monoisotopic (exact) mass is 273 g/mol. The molecule has 0 N–H and O–H groups in total. The number of pyridine rings is 1. The third kappa shape index (κ3) is 2.43. The molecular formula is C11H16BrNO2. The second-order valence-electron chi connectivity index (χ2n) is 3.94. The van der Waals surface area contributed by atoms with Crippen molar-refractivity contribution >= 4 is 15.9 Å². The normalized spacial score (nSPS) is 11.3. The van der Waals surface area contributed by atoms with Crippen LogP contribution in [-0.2, 0) is 5.41 Å². The van der Waals surface area contributed by atoms with Crippen molar-refractivity contribution < 1.29 is 9.47 Å². The highest BCUT2D eigenvalue weighted by molar-refractivity contribution is 9.09. The second-order valence-corrected chi connectivity index (χ2v) is 4.50. The van der Waals surface area contributed by atoms with Crippen molar-refractivity contribution in [3.8, 4) is 11.5 Å². The zero-order chi connectivity index (χ0) is 11.5. The average molecular weight is 274 g/mol. The lowest BCUT2D eigenvalue weighted by Crippen LogP contribution is -2.21. The van der Waals surface area contributed by atoms with E-state index in [-0.39, 0.29) is 5.41 Å². The molecule has 0 aromatic carbocycles. The van der Waals surface area contributed by atoms with Crippen molar-refractivity contribution in [1.29, 1.82) is 0 Å². The summed E-state index contributed by atoms with van der Waals surface area (Å²) in [6.07, 6.45) is 3.42. The Balaban J connectivity index is 3.34. The zero-order valence-corrected chi connectivity index (χ0v) is 11.1. The molecule has 0 spiro atoms. The van der Waals surface area contributed by atoms with Crippen LogP contribution < -0.4 is 9.47 Å². The lowest BCUT2D eigenvalue weighted by molar-refractivity contribution is 0.366. The summed E-state index contributed by atoms with van der Waals surface area (Å²) in [5.74, 6) is 1.53. The molecule has 1 aromatic rings. The summed E-state index contributed by atoms with van der Waals surface area (Å²) in [6.45, 7) is 4.25. The van der Waals surface area contributed by atoms with Crippen molar-refractivity contribution in [2.45, 2.75) is 19.3 Å². The van der Waals surface area contributed by atoms with Crippen LogP contribution >= 0.6 is 15.9 Å². The largest absolute Gasteiger partial charge is 0.495 e. The number of hydrogen-bond acceptors (Lipinski definition) is 3. The van der Waals surface area contributed by atoms with E-state index in [0.29, 0.717) is 0 Å². The number of halogens is 1. The van der Waals surface area contributed by atoms with Crippen LogP contribution in [0.1, 0.15) is 19.4 Å². The maximum Gasteiger partial charge on any atom is 0.144 e. The molecule has 0 amide bonds. The molecule has 0 atom stereocenters. The predicted octanol–water partition coefficient (Wildman–Crippen LogP) is 2.77. The van der Waals surface area contributed by atoms with Crippen LogP contribution in [0, 0.1) is 0 Å². The van der Waals surface area contributed by atoms with Gasteiger partial charge >= 0.3 is 0 Å². The first kappa shape index (κ1) is 12.3. The molecule has 1 rings (SSSR count). The van der Waals surface area contributed by atoms with Crippen molar-refractivity contribution in [2.75, 3.05) is 19.5 Å². The molecule has 4 heteroatoms. The van der Waals surface area contributed by atoms with Gasteiger partial charge in [-0.15, -0.1) is 0 Å². The highest BCUT2D eigenvalue weighted by atomic mass is 79.9. The van der Waals surface area contributed by atoms with E-state index in [4.69, 9.17) is 9.47 Å². The highest BCUT2D eigenvalue weighted by Crippen LogP contribution is 2.38. The van der Waals surface area contributed by atoms with Crippen LogP contribution in [0.5, 0.6) is 11.5 Å². The van der Waals surface area contributed by atoms with Gasteiger partial charge in [-0.3, -0.25) is 4.98 Å². The molecule has 0 saturated heterocycles. The van der Waals surface area contributed by atoms with E-state index in [1.807, 2.05) is 0 Å². The van der Waals surface area contributed by atoms with Crippen molar-refractivity contribution in [3.63, 3.8) is 0 Å². The molecule has 15 heavy (non-hydrogen) atoms. The van der Waals surface area contributed by atoms with E-state index in [2.05, 4.69) is 34.8 Å². The first-order valence-corrected chi connectivity index (χ1v) is 5.81. The van der Waals surface area contributed by atoms with E-state index < -0.39 is 0 Å². The number of ether oxygens (including phenoxy) is 2. The van der Waals surface area contributed by atoms with Gasteiger partial charge in [0.05, 0.1) is 26.6 Å². The van der Waals surface area contributed by atoms with Gasteiger partial charge in [-0.25, -0.2) is 0 Å². The Kier molecular flexibility index (Phi) is 3.97. The van der Waals surface area contributed by atoms with E-state index in [1.165, 1.54) is 0 Å². The number of alkyl halides is 1. The maximum absolute atomic E-state index is 5.31. The summed E-state index contributed by atoms with van der Waals surface area (Å²) in [5.41, 5.74) is 0.985. The van der Waals surface area contributed by atoms with Crippen molar-refractivity contribution in [3.05, 3.63) is 18.0 Å². The Morgan fingerprint density at radius 2 is 1.67 bits per heavy atom. The van der Waals surface area contributed by atoms with Crippen LogP contribution in [0.3, 0.4) is 0 Å². The topological polar surface area (TPSA) is 31.4 Å². The van der Waals surface area contributed by atoms with Crippen molar-refractivity contribution in [2.24, 2.45) is 0 Å². The summed E-state index contributed by atoms with van der Waals surface area (Å²) in [6, 6.07) is 0. The van der Waals surface area contributed by atoms with Gasteiger partial charge in [0.15, 0.2) is 0 Å². The Labute approximate surface area is 98.9 Å². The minimum absolute atomic E-state index is 0.0559. The van der Waals surface area contributed by atoms with Gasteiger partial charge in [-0.05, 0) is 0 Å². The molecule has 0 aliphatic rings. The number of nitrogens with zero attached hydrogens (tertiary/aromatic N) is 1. The van der Waals surface area contributed by atoms with Crippen LogP contribution in [0.2, 0.25) is 0 Å². The van der Waals surface area contributed by atoms with Crippen LogP contribution in [0.4, 0.5) is 0 Å². The van der Waals surface area contributed by atoms with Gasteiger partial charge in [0, 0.05) is 16.3 Å². The van der Waals surface area contributed by atoms with Crippen molar-refractivity contribution in [1.82, 2.24) is 4.98 Å². The summed E-state index contributed by atoms with van der Waals surface area (Å²) in [7, 11) is 3.29. The number of rotatable bonds is 4. The second kappa shape index (κ2) is 4.84.